The molecule has 1 heterocycles. The summed E-state index contributed by atoms with van der Waals surface area (Å²) < 4.78 is 29.5. The predicted octanol–water partition coefficient (Wildman–Crippen LogP) is 1.61. The highest BCUT2D eigenvalue weighted by Crippen LogP contribution is 2.38. The van der Waals surface area contributed by atoms with Gasteiger partial charge in [-0.25, -0.2) is 8.42 Å². The van der Waals surface area contributed by atoms with E-state index in [9.17, 15) is 18.6 Å². The quantitative estimate of drug-likeness (QED) is 0.469. The van der Waals surface area contributed by atoms with Crippen LogP contribution >= 0.6 is 0 Å². The summed E-state index contributed by atoms with van der Waals surface area (Å²) >= 11 is 0. The first-order valence-electron chi connectivity index (χ1n) is 10.6. The molecule has 164 valence electrons. The molecule has 0 aliphatic heterocycles. The number of rotatable bonds is 8. The summed E-state index contributed by atoms with van der Waals surface area (Å²) in [4.78, 5) is -0.00447. The lowest BCUT2D eigenvalue weighted by Gasteiger charge is -2.21. The molecule has 2 aromatic rings. The van der Waals surface area contributed by atoms with Crippen molar-refractivity contribution in [2.75, 3.05) is 5.32 Å². The standard InChI is InChI=1S/C21H30N4O4S/c1-3-16(26)12-25-13(2)19(11-22-25)30(28,29)24-21(27)23-20-17-8-4-6-14(17)10-15-7-5-9-18(15)20/h10-11,16,21,23-24,26-27H,3-9,12H2,1-2H3. The Morgan fingerprint density at radius 3 is 2.37 bits per heavy atom. The van der Waals surface area contributed by atoms with E-state index in [1.165, 1.54) is 33.1 Å². The van der Waals surface area contributed by atoms with Crippen molar-refractivity contribution < 1.29 is 18.6 Å². The van der Waals surface area contributed by atoms with E-state index >= 15 is 0 Å². The molecule has 4 N–H and O–H groups in total. The van der Waals surface area contributed by atoms with Gasteiger partial charge in [0, 0.05) is 5.69 Å². The number of aryl methyl sites for hydroxylation is 2. The predicted molar refractivity (Wildman–Crippen MR) is 114 cm³/mol. The van der Waals surface area contributed by atoms with Gasteiger partial charge in [-0.2, -0.15) is 9.82 Å². The van der Waals surface area contributed by atoms with E-state index < -0.39 is 22.5 Å². The zero-order valence-electron chi connectivity index (χ0n) is 17.5. The normalized spacial score (nSPS) is 17.6. The topological polar surface area (TPSA) is 116 Å². The van der Waals surface area contributed by atoms with E-state index in [1.807, 2.05) is 6.92 Å². The molecule has 0 fully saturated rings. The van der Waals surface area contributed by atoms with Crippen LogP contribution in [0.2, 0.25) is 0 Å². The number of nitrogens with one attached hydrogen (secondary N) is 2. The highest BCUT2D eigenvalue weighted by Gasteiger charge is 2.28. The molecule has 0 saturated heterocycles. The maximum Gasteiger partial charge on any atom is 0.247 e. The first kappa shape index (κ1) is 21.3. The Morgan fingerprint density at radius 2 is 1.77 bits per heavy atom. The zero-order valence-corrected chi connectivity index (χ0v) is 18.3. The van der Waals surface area contributed by atoms with Crippen molar-refractivity contribution in [1.82, 2.24) is 14.5 Å². The number of sulfonamides is 1. The Hall–Kier alpha value is -1.94. The number of hydrogen-bond acceptors (Lipinski definition) is 6. The fraction of sp³-hybridized carbons (Fsp3) is 0.571. The molecule has 30 heavy (non-hydrogen) atoms. The monoisotopic (exact) mass is 434 g/mol. The smallest absolute Gasteiger partial charge is 0.247 e. The molecule has 2 aliphatic carbocycles. The van der Waals surface area contributed by atoms with E-state index in [1.54, 1.807) is 6.92 Å². The molecule has 4 rings (SSSR count). The first-order chi connectivity index (χ1) is 14.3. The van der Waals surface area contributed by atoms with Gasteiger partial charge in [-0.1, -0.05) is 13.0 Å². The summed E-state index contributed by atoms with van der Waals surface area (Å²) in [6.07, 6.45) is 5.86. The van der Waals surface area contributed by atoms with E-state index in [-0.39, 0.29) is 11.4 Å². The van der Waals surface area contributed by atoms with Gasteiger partial charge < -0.3 is 15.5 Å². The second kappa shape index (κ2) is 8.30. The van der Waals surface area contributed by atoms with E-state index in [0.717, 1.165) is 44.2 Å². The third-order valence-electron chi connectivity index (χ3n) is 6.22. The fourth-order valence-corrected chi connectivity index (χ4v) is 5.73. The number of aromatic nitrogens is 2. The van der Waals surface area contributed by atoms with Gasteiger partial charge in [-0.05, 0) is 74.1 Å². The Kier molecular flexibility index (Phi) is 5.89. The number of aliphatic hydroxyl groups is 2. The summed E-state index contributed by atoms with van der Waals surface area (Å²) in [6.45, 7) is 3.71. The van der Waals surface area contributed by atoms with Crippen LogP contribution in [-0.2, 0) is 42.3 Å². The molecule has 0 saturated carbocycles. The van der Waals surface area contributed by atoms with Gasteiger partial charge in [-0.15, -0.1) is 0 Å². The van der Waals surface area contributed by atoms with Gasteiger partial charge >= 0.3 is 0 Å². The average Bonchev–Trinajstić information content (AvgIpc) is 3.41. The lowest BCUT2D eigenvalue weighted by atomic mass is 9.99. The molecule has 0 amide bonds. The fourth-order valence-electron chi connectivity index (χ4n) is 4.57. The second-order valence-corrected chi connectivity index (χ2v) is 9.92. The van der Waals surface area contributed by atoms with Crippen molar-refractivity contribution in [1.29, 1.82) is 0 Å². The molecule has 2 unspecified atom stereocenters. The number of aliphatic hydroxyl groups excluding tert-OH is 2. The molecule has 0 radical (unpaired) electrons. The zero-order chi connectivity index (χ0) is 21.5. The van der Waals surface area contributed by atoms with Gasteiger partial charge in [-0.3, -0.25) is 4.68 Å². The van der Waals surface area contributed by atoms with Gasteiger partial charge in [0.25, 0.3) is 0 Å². The maximum absolute atomic E-state index is 12.9. The Labute approximate surface area is 177 Å². The molecule has 2 atom stereocenters. The van der Waals surface area contributed by atoms with Crippen molar-refractivity contribution in [3.8, 4) is 0 Å². The minimum absolute atomic E-state index is 0.00447. The van der Waals surface area contributed by atoms with Crippen LogP contribution in [-0.4, -0.2) is 40.9 Å². The first-order valence-corrected chi connectivity index (χ1v) is 12.1. The third-order valence-corrected chi connectivity index (χ3v) is 7.74. The molecule has 2 aliphatic rings. The Morgan fingerprint density at radius 1 is 1.13 bits per heavy atom. The molecule has 0 spiro atoms. The number of benzene rings is 1. The largest absolute Gasteiger partial charge is 0.391 e. The van der Waals surface area contributed by atoms with E-state index in [2.05, 4.69) is 21.2 Å². The van der Waals surface area contributed by atoms with Crippen LogP contribution in [0.3, 0.4) is 0 Å². The highest BCUT2D eigenvalue weighted by atomic mass is 32.2. The van der Waals surface area contributed by atoms with Gasteiger partial charge in [0.15, 0.2) is 6.35 Å². The molecule has 9 heteroatoms. The van der Waals surface area contributed by atoms with E-state index in [4.69, 9.17) is 0 Å². The summed E-state index contributed by atoms with van der Waals surface area (Å²) in [5, 5.41) is 27.5. The molecular formula is C21H30N4O4S. The number of hydrogen-bond donors (Lipinski definition) is 4. The number of fused-ring (bicyclic) bond motifs is 2. The Bertz CT molecular complexity index is 1020. The summed E-state index contributed by atoms with van der Waals surface area (Å²) in [6, 6.07) is 2.29. The van der Waals surface area contributed by atoms with E-state index in [0.29, 0.717) is 12.1 Å². The minimum atomic E-state index is -3.99. The third kappa shape index (κ3) is 3.99. The SMILES string of the molecule is CCC(O)Cn1ncc(S(=O)(=O)NC(O)Nc2c3c(cc4c2CCC4)CCC3)c1C. The molecular weight excluding hydrogens is 404 g/mol. The number of nitrogens with zero attached hydrogens (tertiary/aromatic N) is 2. The Balaban J connectivity index is 1.53. The summed E-state index contributed by atoms with van der Waals surface area (Å²) in [5.74, 6) is 0. The molecule has 0 bridgehead atoms. The van der Waals surface area contributed by atoms with Crippen LogP contribution in [0.15, 0.2) is 17.2 Å². The van der Waals surface area contributed by atoms with Crippen molar-refractivity contribution in [3.63, 3.8) is 0 Å². The highest BCUT2D eigenvalue weighted by molar-refractivity contribution is 7.89. The van der Waals surface area contributed by atoms with Gasteiger partial charge in [0.2, 0.25) is 10.0 Å². The van der Waals surface area contributed by atoms with Crippen LogP contribution in [0.25, 0.3) is 0 Å². The van der Waals surface area contributed by atoms with Crippen LogP contribution in [0.1, 0.15) is 54.1 Å². The summed E-state index contributed by atoms with van der Waals surface area (Å²) in [7, 11) is -3.99. The second-order valence-electron chi connectivity index (χ2n) is 8.24. The lowest BCUT2D eigenvalue weighted by Crippen LogP contribution is -2.40. The average molecular weight is 435 g/mol. The molecule has 1 aromatic carbocycles. The van der Waals surface area contributed by atoms with Crippen LogP contribution < -0.4 is 10.0 Å². The lowest BCUT2D eigenvalue weighted by molar-refractivity contribution is 0.144. The van der Waals surface area contributed by atoms with Crippen LogP contribution in [0.5, 0.6) is 0 Å². The van der Waals surface area contributed by atoms with Gasteiger partial charge in [0.1, 0.15) is 4.90 Å². The van der Waals surface area contributed by atoms with Crippen molar-refractivity contribution >= 4 is 15.7 Å². The molecule has 8 nitrogen and oxygen atoms in total. The number of anilines is 1. The minimum Gasteiger partial charge on any atom is -0.391 e. The van der Waals surface area contributed by atoms with Gasteiger partial charge in [0.05, 0.1) is 24.5 Å². The van der Waals surface area contributed by atoms with Crippen molar-refractivity contribution in [2.45, 2.75) is 82.7 Å². The molecule has 1 aromatic heterocycles. The van der Waals surface area contributed by atoms with Crippen molar-refractivity contribution in [2.24, 2.45) is 0 Å². The van der Waals surface area contributed by atoms with Crippen molar-refractivity contribution in [3.05, 3.63) is 40.2 Å². The summed E-state index contributed by atoms with van der Waals surface area (Å²) in [5.41, 5.74) is 6.33. The van der Waals surface area contributed by atoms with Crippen LogP contribution in [0, 0.1) is 6.92 Å². The van der Waals surface area contributed by atoms with Crippen LogP contribution in [0.4, 0.5) is 5.69 Å². The maximum atomic E-state index is 12.9.